The van der Waals surface area contributed by atoms with E-state index >= 15 is 0 Å². The second kappa shape index (κ2) is 7.35. The lowest BCUT2D eigenvalue weighted by molar-refractivity contribution is -0.121. The quantitative estimate of drug-likeness (QED) is 0.798. The zero-order valence-electron chi connectivity index (χ0n) is 13.1. The summed E-state index contributed by atoms with van der Waals surface area (Å²) in [4.78, 5) is 26.2. The number of hydrogen-bond donors (Lipinski definition) is 1. The van der Waals surface area contributed by atoms with Crippen molar-refractivity contribution < 1.29 is 9.59 Å². The Hall–Kier alpha value is -1.95. The van der Waals surface area contributed by atoms with Crippen LogP contribution in [0.15, 0.2) is 24.5 Å². The third kappa shape index (κ3) is 4.53. The Labute approximate surface area is 134 Å². The number of Topliss-reactive ketones (excluding diaryl/α,β-unsaturated/α-hetero) is 1. The number of hydrogen-bond acceptors (Lipinski definition) is 4. The molecule has 2 rings (SSSR count). The first-order chi connectivity index (χ1) is 10.5. The molecular formula is C16H21N3O2S. The van der Waals surface area contributed by atoms with Crippen molar-refractivity contribution in [1.82, 2.24) is 15.1 Å². The highest BCUT2D eigenvalue weighted by Gasteiger charge is 2.15. The van der Waals surface area contributed by atoms with E-state index in [4.69, 9.17) is 0 Å². The highest BCUT2D eigenvalue weighted by molar-refractivity contribution is 7.12. The van der Waals surface area contributed by atoms with Crippen LogP contribution in [0.5, 0.6) is 0 Å². The lowest BCUT2D eigenvalue weighted by Crippen LogP contribution is -2.35. The molecule has 118 valence electrons. The van der Waals surface area contributed by atoms with Crippen molar-refractivity contribution in [2.45, 2.75) is 46.2 Å². The van der Waals surface area contributed by atoms with E-state index in [1.165, 1.54) is 0 Å². The molecule has 1 amide bonds. The van der Waals surface area contributed by atoms with Gasteiger partial charge in [0.1, 0.15) is 0 Å². The highest BCUT2D eigenvalue weighted by atomic mass is 32.1. The Morgan fingerprint density at radius 1 is 1.36 bits per heavy atom. The topological polar surface area (TPSA) is 64.0 Å². The zero-order chi connectivity index (χ0) is 16.1. The van der Waals surface area contributed by atoms with E-state index in [-0.39, 0.29) is 30.6 Å². The molecule has 0 aliphatic rings. The van der Waals surface area contributed by atoms with Gasteiger partial charge in [0.25, 0.3) is 0 Å². The van der Waals surface area contributed by atoms with Crippen LogP contribution in [-0.2, 0) is 11.3 Å². The first-order valence-electron chi connectivity index (χ1n) is 7.32. The van der Waals surface area contributed by atoms with Crippen LogP contribution in [0.1, 0.15) is 39.9 Å². The summed E-state index contributed by atoms with van der Waals surface area (Å²) in [6, 6.07) is 3.73. The fourth-order valence-electron chi connectivity index (χ4n) is 2.35. The first kappa shape index (κ1) is 16.4. The summed E-state index contributed by atoms with van der Waals surface area (Å²) in [5, 5.41) is 7.00. The maximum atomic E-state index is 12.1. The summed E-state index contributed by atoms with van der Waals surface area (Å²) in [5.74, 6) is -0.0608. The van der Waals surface area contributed by atoms with Gasteiger partial charge in [-0.1, -0.05) is 0 Å². The third-order valence-electron chi connectivity index (χ3n) is 3.35. The molecule has 22 heavy (non-hydrogen) atoms. The van der Waals surface area contributed by atoms with Crippen LogP contribution in [-0.4, -0.2) is 27.5 Å². The Balaban J connectivity index is 1.77. The van der Waals surface area contributed by atoms with Gasteiger partial charge >= 0.3 is 0 Å². The molecule has 6 heteroatoms. The lowest BCUT2D eigenvalue weighted by atomic mass is 10.1. The molecule has 2 aromatic rings. The predicted octanol–water partition coefficient (Wildman–Crippen LogP) is 2.73. The molecule has 0 saturated heterocycles. The van der Waals surface area contributed by atoms with E-state index in [2.05, 4.69) is 10.4 Å². The van der Waals surface area contributed by atoms with Crippen LogP contribution in [0.4, 0.5) is 0 Å². The predicted molar refractivity (Wildman–Crippen MR) is 87.2 cm³/mol. The summed E-state index contributed by atoms with van der Waals surface area (Å²) in [7, 11) is 0. The van der Waals surface area contributed by atoms with E-state index < -0.39 is 0 Å². The standard InChI is InChI=1S/C16H21N3O2S/c1-11(10-19-8-4-7-17-19)18-16(21)6-5-15(20)14-9-12(2)22-13(14)3/h4,7-9,11H,5-6,10H2,1-3H3,(H,18,21)/t11-/m1/s1. The van der Waals surface area contributed by atoms with Gasteiger partial charge in [-0.2, -0.15) is 5.10 Å². The minimum absolute atomic E-state index is 0.0207. The number of rotatable bonds is 7. The summed E-state index contributed by atoms with van der Waals surface area (Å²) in [6.45, 7) is 6.47. The van der Waals surface area contributed by atoms with E-state index in [0.717, 1.165) is 15.3 Å². The van der Waals surface area contributed by atoms with E-state index in [0.29, 0.717) is 6.54 Å². The van der Waals surface area contributed by atoms with Gasteiger partial charge in [-0.25, -0.2) is 0 Å². The molecule has 0 unspecified atom stereocenters. The molecule has 5 nitrogen and oxygen atoms in total. The Morgan fingerprint density at radius 2 is 2.14 bits per heavy atom. The summed E-state index contributed by atoms with van der Waals surface area (Å²) in [6.07, 6.45) is 4.03. The number of thiophene rings is 1. The van der Waals surface area contributed by atoms with Gasteiger partial charge in [0.05, 0.1) is 6.54 Å². The minimum Gasteiger partial charge on any atom is -0.352 e. The number of aryl methyl sites for hydroxylation is 2. The monoisotopic (exact) mass is 319 g/mol. The van der Waals surface area contributed by atoms with Crippen molar-refractivity contribution in [3.05, 3.63) is 39.8 Å². The van der Waals surface area contributed by atoms with Gasteiger partial charge in [-0.05, 0) is 32.9 Å². The smallest absolute Gasteiger partial charge is 0.220 e. The van der Waals surface area contributed by atoms with Crippen molar-refractivity contribution in [1.29, 1.82) is 0 Å². The number of aromatic nitrogens is 2. The van der Waals surface area contributed by atoms with Crippen molar-refractivity contribution in [2.24, 2.45) is 0 Å². The van der Waals surface area contributed by atoms with Crippen LogP contribution < -0.4 is 5.32 Å². The SMILES string of the molecule is Cc1cc(C(=O)CCC(=O)N[C@H](C)Cn2cccn2)c(C)s1. The minimum atomic E-state index is -0.0994. The molecule has 0 saturated carbocycles. The van der Waals surface area contributed by atoms with Gasteiger partial charge in [-0.3, -0.25) is 14.3 Å². The average molecular weight is 319 g/mol. The highest BCUT2D eigenvalue weighted by Crippen LogP contribution is 2.22. The molecule has 0 radical (unpaired) electrons. The van der Waals surface area contributed by atoms with Crippen molar-refractivity contribution >= 4 is 23.0 Å². The van der Waals surface area contributed by atoms with Crippen LogP contribution in [0.3, 0.4) is 0 Å². The van der Waals surface area contributed by atoms with Gasteiger partial charge in [0, 0.05) is 46.6 Å². The van der Waals surface area contributed by atoms with Crippen molar-refractivity contribution in [3.8, 4) is 0 Å². The number of carbonyl (C=O) groups excluding carboxylic acids is 2. The molecule has 0 aliphatic carbocycles. The zero-order valence-corrected chi connectivity index (χ0v) is 13.9. The Bertz CT molecular complexity index is 646. The molecule has 1 N–H and O–H groups in total. The molecule has 0 spiro atoms. The molecule has 2 aromatic heterocycles. The van der Waals surface area contributed by atoms with Gasteiger partial charge in [-0.15, -0.1) is 11.3 Å². The average Bonchev–Trinajstić information content (AvgIpc) is 3.05. The summed E-state index contributed by atoms with van der Waals surface area (Å²) in [5.41, 5.74) is 0.750. The van der Waals surface area contributed by atoms with Crippen molar-refractivity contribution in [2.75, 3.05) is 0 Å². The lowest BCUT2D eigenvalue weighted by Gasteiger charge is -2.13. The van der Waals surface area contributed by atoms with Crippen LogP contribution in [0.2, 0.25) is 0 Å². The van der Waals surface area contributed by atoms with Gasteiger partial charge in [0.15, 0.2) is 5.78 Å². The number of nitrogens with one attached hydrogen (secondary N) is 1. The summed E-state index contributed by atoms with van der Waals surface area (Å²) >= 11 is 1.61. The fourth-order valence-corrected chi connectivity index (χ4v) is 3.29. The van der Waals surface area contributed by atoms with E-state index in [9.17, 15) is 9.59 Å². The molecule has 2 heterocycles. The maximum Gasteiger partial charge on any atom is 0.220 e. The second-order valence-electron chi connectivity index (χ2n) is 5.45. The maximum absolute atomic E-state index is 12.1. The molecule has 0 aliphatic heterocycles. The second-order valence-corrected chi connectivity index (χ2v) is 6.91. The molecule has 0 aromatic carbocycles. The fraction of sp³-hybridized carbons (Fsp3) is 0.438. The largest absolute Gasteiger partial charge is 0.352 e. The van der Waals surface area contributed by atoms with E-state index in [1.54, 1.807) is 22.2 Å². The third-order valence-corrected chi connectivity index (χ3v) is 4.31. The van der Waals surface area contributed by atoms with Crippen LogP contribution in [0.25, 0.3) is 0 Å². The summed E-state index contributed by atoms with van der Waals surface area (Å²) < 4.78 is 1.77. The number of amides is 1. The molecule has 1 atom stereocenters. The van der Waals surface area contributed by atoms with Gasteiger partial charge < -0.3 is 5.32 Å². The molecular weight excluding hydrogens is 298 g/mol. The number of nitrogens with zero attached hydrogens (tertiary/aromatic N) is 2. The van der Waals surface area contributed by atoms with Gasteiger partial charge in [0.2, 0.25) is 5.91 Å². The molecule has 0 bridgehead atoms. The molecule has 0 fully saturated rings. The number of ketones is 1. The van der Waals surface area contributed by atoms with Crippen LogP contribution in [0, 0.1) is 13.8 Å². The van der Waals surface area contributed by atoms with Crippen LogP contribution >= 0.6 is 11.3 Å². The Morgan fingerprint density at radius 3 is 2.73 bits per heavy atom. The van der Waals surface area contributed by atoms with Crippen molar-refractivity contribution in [3.63, 3.8) is 0 Å². The first-order valence-corrected chi connectivity index (χ1v) is 8.14. The Kier molecular flexibility index (Phi) is 5.49. The normalized spacial score (nSPS) is 12.1. The number of carbonyl (C=O) groups is 2. The van der Waals surface area contributed by atoms with E-state index in [1.807, 2.05) is 39.1 Å².